The third-order valence-corrected chi connectivity index (χ3v) is 24.7. The molecule has 2 aliphatic heterocycles. The van der Waals surface area contributed by atoms with Gasteiger partial charge in [0.15, 0.2) is 0 Å². The third kappa shape index (κ3) is 24.6. The number of aromatic nitrogens is 10. The minimum absolute atomic E-state index is 0.581. The molecule has 0 atom stereocenters. The molecule has 2 aliphatic rings. The summed E-state index contributed by atoms with van der Waals surface area (Å²) in [6.07, 6.45) is 9.16. The van der Waals surface area contributed by atoms with E-state index in [9.17, 15) is 0 Å². The molecule has 1 N–H and O–H groups in total. The van der Waals surface area contributed by atoms with Crippen LogP contribution in [0.4, 0.5) is 11.4 Å². The quantitative estimate of drug-likeness (QED) is 0.0507. The highest BCUT2D eigenvalue weighted by molar-refractivity contribution is 9.11. The van der Waals surface area contributed by atoms with Crippen LogP contribution in [0.3, 0.4) is 0 Å². The lowest BCUT2D eigenvalue weighted by Crippen LogP contribution is -2.44. The molecular formula is C69H103Br3N14O4Si4. The summed E-state index contributed by atoms with van der Waals surface area (Å²) >= 11 is 10.3. The summed E-state index contributed by atoms with van der Waals surface area (Å²) in [6.45, 7) is 43.0. The van der Waals surface area contributed by atoms with E-state index in [1.165, 1.54) is 41.1 Å². The van der Waals surface area contributed by atoms with E-state index < -0.39 is 32.3 Å². The van der Waals surface area contributed by atoms with Gasteiger partial charge in [0.2, 0.25) is 0 Å². The van der Waals surface area contributed by atoms with Gasteiger partial charge in [-0.1, -0.05) is 126 Å². The van der Waals surface area contributed by atoms with Crippen LogP contribution in [-0.2, 0) is 45.9 Å². The number of rotatable bonds is 22. The fourth-order valence-corrected chi connectivity index (χ4v) is 14.3. The second-order valence-electron chi connectivity index (χ2n) is 29.5. The third-order valence-electron chi connectivity index (χ3n) is 16.4. The number of nitrogens with zero attached hydrogens (tertiary/aromatic N) is 13. The first-order valence-electron chi connectivity index (χ1n) is 33.0. The first-order chi connectivity index (χ1) is 44.6. The molecule has 7 heterocycles. The Bertz CT molecular complexity index is 3930. The number of hydrogen-bond acceptors (Lipinski definition) is 13. The van der Waals surface area contributed by atoms with Crippen molar-refractivity contribution in [3.63, 3.8) is 0 Å². The first-order valence-corrected chi connectivity index (χ1v) is 50.2. The largest absolute Gasteiger partial charge is 0.369 e. The maximum Gasteiger partial charge on any atom is 0.124 e. The van der Waals surface area contributed by atoms with Crippen LogP contribution < -0.4 is 9.80 Å². The van der Waals surface area contributed by atoms with E-state index in [1.807, 2.05) is 76.9 Å². The number of fused-ring (bicyclic) bond motifs is 5. The molecule has 5 aromatic heterocycles. The maximum absolute atomic E-state index is 5.90. The predicted molar refractivity (Wildman–Crippen MR) is 414 cm³/mol. The van der Waals surface area contributed by atoms with Crippen LogP contribution in [0.25, 0.3) is 55.2 Å². The van der Waals surface area contributed by atoms with Crippen molar-refractivity contribution in [2.24, 2.45) is 0 Å². The Balaban J connectivity index is 0.000000154. The van der Waals surface area contributed by atoms with Crippen molar-refractivity contribution in [2.45, 2.75) is 130 Å². The summed E-state index contributed by atoms with van der Waals surface area (Å²) in [5.74, 6) is 0. The summed E-state index contributed by atoms with van der Waals surface area (Å²) in [5, 5.41) is 0. The van der Waals surface area contributed by atoms with Crippen LogP contribution in [0, 0.1) is 0 Å². The van der Waals surface area contributed by atoms with E-state index in [2.05, 4.69) is 248 Å². The molecule has 94 heavy (non-hydrogen) atoms. The molecule has 0 spiro atoms. The molecule has 5 aromatic carbocycles. The van der Waals surface area contributed by atoms with Gasteiger partial charge in [0.05, 0.1) is 86.8 Å². The van der Waals surface area contributed by atoms with E-state index >= 15 is 0 Å². The summed E-state index contributed by atoms with van der Waals surface area (Å²) in [6, 6.07) is 36.1. The number of benzene rings is 5. The zero-order valence-electron chi connectivity index (χ0n) is 58.3. The van der Waals surface area contributed by atoms with Gasteiger partial charge < -0.3 is 61.8 Å². The van der Waals surface area contributed by atoms with Crippen LogP contribution >= 0.6 is 47.8 Å². The average Bonchev–Trinajstić information content (AvgIpc) is 1.65. The van der Waals surface area contributed by atoms with Gasteiger partial charge in [-0.2, -0.15) is 0 Å². The number of imidazole rings is 5. The van der Waals surface area contributed by atoms with Gasteiger partial charge in [-0.3, -0.25) is 0 Å². The van der Waals surface area contributed by atoms with Gasteiger partial charge in [-0.05, 0) is 129 Å². The number of H-pyrrole nitrogens is 1. The predicted octanol–water partition coefficient (Wildman–Crippen LogP) is 16.7. The fraction of sp³-hybridized carbons (Fsp3) is 0.493. The number of hydrogen-bond donors (Lipinski definition) is 1. The van der Waals surface area contributed by atoms with Gasteiger partial charge in [0.25, 0.3) is 0 Å². The molecular weight excluding hydrogens is 1440 g/mol. The number of halogens is 3. The number of piperazine rings is 2. The van der Waals surface area contributed by atoms with Gasteiger partial charge in [0, 0.05) is 136 Å². The van der Waals surface area contributed by atoms with E-state index in [0.717, 1.165) is 142 Å². The monoisotopic (exact) mass is 1540 g/mol. The number of aromatic amines is 1. The second-order valence-corrected chi connectivity index (χ2v) is 54.7. The zero-order chi connectivity index (χ0) is 67.6. The molecule has 2 fully saturated rings. The number of anilines is 2. The molecule has 0 aliphatic carbocycles. The second kappa shape index (κ2) is 35.1. The molecule has 2 saturated heterocycles. The molecule has 510 valence electrons. The van der Waals surface area contributed by atoms with Crippen LogP contribution in [0.2, 0.25) is 103 Å². The van der Waals surface area contributed by atoms with Gasteiger partial charge in [-0.25, -0.2) is 24.9 Å². The van der Waals surface area contributed by atoms with Crippen molar-refractivity contribution < 1.29 is 18.9 Å². The minimum Gasteiger partial charge on any atom is -0.369 e. The Morgan fingerprint density at radius 1 is 0.362 bits per heavy atom. The van der Waals surface area contributed by atoms with Crippen LogP contribution in [0.1, 0.15) is 0 Å². The highest BCUT2D eigenvalue weighted by Crippen LogP contribution is 2.26. The van der Waals surface area contributed by atoms with Crippen LogP contribution in [-0.4, -0.2) is 183 Å². The molecule has 0 bridgehead atoms. The highest BCUT2D eigenvalue weighted by atomic mass is 79.9. The van der Waals surface area contributed by atoms with E-state index in [1.54, 1.807) is 6.33 Å². The van der Waals surface area contributed by atoms with Crippen molar-refractivity contribution in [2.75, 3.05) is 103 Å². The van der Waals surface area contributed by atoms with Gasteiger partial charge >= 0.3 is 0 Å². The van der Waals surface area contributed by atoms with Crippen molar-refractivity contribution in [1.29, 1.82) is 0 Å². The SMILES string of the molecule is Brc1ccc2nc[nH]c2c1.CN1CCN(c2ccc3c(c2)ncn3COCC[Si](C)(C)C)CC1.CN1CCN(c2ccc3ncn(COCC[Si](C)(C)C)c3c2)CC1.C[Si](C)(C)CCOCn1cnc2cc(Br)ccc21.C[Si](C)(C)CCOCn1cnc2ccc(Br)cc21. The first kappa shape index (κ1) is 74.9. The Morgan fingerprint density at radius 3 is 1.16 bits per heavy atom. The maximum atomic E-state index is 5.90. The van der Waals surface area contributed by atoms with Gasteiger partial charge in [0.1, 0.15) is 26.9 Å². The summed E-state index contributed by atoms with van der Waals surface area (Å²) in [5.41, 5.74) is 13.3. The number of likely N-dealkylation sites (N-methyl/N-ethyl adjacent to an activating group) is 2. The van der Waals surface area contributed by atoms with E-state index in [4.69, 9.17) is 18.9 Å². The molecule has 0 saturated carbocycles. The minimum atomic E-state index is -1.03. The molecule has 10 aromatic rings. The topological polar surface area (TPSA) is 150 Å². The lowest BCUT2D eigenvalue weighted by Gasteiger charge is -2.34. The van der Waals surface area contributed by atoms with Crippen molar-refractivity contribution >= 4 is 147 Å². The number of nitrogens with one attached hydrogen (secondary N) is 1. The molecule has 0 amide bonds. The Morgan fingerprint density at radius 2 is 0.702 bits per heavy atom. The molecule has 25 heteroatoms. The summed E-state index contributed by atoms with van der Waals surface area (Å²) in [4.78, 5) is 34.6. The Hall–Kier alpha value is -4.88. The lowest BCUT2D eigenvalue weighted by atomic mass is 10.2. The van der Waals surface area contributed by atoms with Crippen molar-refractivity contribution in [3.05, 3.63) is 136 Å². The normalized spacial score (nSPS) is 14.4. The highest BCUT2D eigenvalue weighted by Gasteiger charge is 2.20. The molecule has 0 unspecified atom stereocenters. The van der Waals surface area contributed by atoms with E-state index in [0.29, 0.717) is 26.9 Å². The van der Waals surface area contributed by atoms with Crippen molar-refractivity contribution in [1.82, 2.24) is 58.0 Å². The molecule has 18 nitrogen and oxygen atoms in total. The number of ether oxygens (including phenoxy) is 4. The summed E-state index contributed by atoms with van der Waals surface area (Å²) in [7, 11) is 0.323. The molecule has 0 radical (unpaired) electrons. The van der Waals surface area contributed by atoms with Gasteiger partial charge in [-0.15, -0.1) is 0 Å². The standard InChI is InChI=1S/2C18H30N4OSi.2C13H19BrN2OSi.C7H5BrN2/c1-20-7-9-21(10-8-20)16-5-6-18-17(13-16)19-14-22(18)15-23-11-12-24(2,3)4;1-20-7-9-21(10-8-20)16-5-6-17-18(13-16)22(14-19-17)15-23-11-12-24(2,3)4;1-18(2,3)7-6-17-10-16-9-15-12-8-11(14)4-5-13(12)16;1-18(2,3)7-6-17-10-16-9-15-12-5-4-11(14)8-13(12)16;8-5-1-2-6-7(3-5)10-4-9-6/h2*5-6,13-14H,7-12,15H2,1-4H3;2*4-5,8-9H,6-7,10H2,1-3H3;1-4H,(H,9,10). The lowest BCUT2D eigenvalue weighted by molar-refractivity contribution is 0.0897. The van der Waals surface area contributed by atoms with Crippen molar-refractivity contribution in [3.8, 4) is 0 Å². The molecule has 12 rings (SSSR count). The van der Waals surface area contributed by atoms with Crippen LogP contribution in [0.5, 0.6) is 0 Å². The fourth-order valence-electron chi connectivity index (χ4n) is 10.2. The van der Waals surface area contributed by atoms with E-state index in [-0.39, 0.29) is 0 Å². The Kier molecular flexibility index (Phi) is 27.9. The Labute approximate surface area is 587 Å². The zero-order valence-corrected chi connectivity index (χ0v) is 67.0. The van der Waals surface area contributed by atoms with Crippen LogP contribution in [0.15, 0.2) is 136 Å². The summed E-state index contributed by atoms with van der Waals surface area (Å²) < 4.78 is 34.8. The average molecular weight is 1540 g/mol. The smallest absolute Gasteiger partial charge is 0.124 e.